The monoisotopic (exact) mass is 585 g/mol. The van der Waals surface area contributed by atoms with Crippen LogP contribution in [-0.4, -0.2) is 39.9 Å². The molecule has 0 saturated heterocycles. The molecule has 0 fully saturated rings. The van der Waals surface area contributed by atoms with Crippen molar-refractivity contribution >= 4 is 16.8 Å². The third-order valence-corrected chi connectivity index (χ3v) is 7.91. The molecule has 1 atom stereocenters. The van der Waals surface area contributed by atoms with Gasteiger partial charge in [-0.05, 0) is 47.9 Å². The van der Waals surface area contributed by atoms with Gasteiger partial charge >= 0.3 is 0 Å². The molecule has 0 aliphatic rings. The molecule has 6 rings (SSSR count). The summed E-state index contributed by atoms with van der Waals surface area (Å²) in [6.07, 6.45) is 4.03. The van der Waals surface area contributed by atoms with E-state index in [2.05, 4.69) is 39.1 Å². The van der Waals surface area contributed by atoms with Gasteiger partial charge in [-0.25, -0.2) is 0 Å². The number of methoxy groups -OCH3 is 2. The van der Waals surface area contributed by atoms with E-state index in [0.29, 0.717) is 42.3 Å². The van der Waals surface area contributed by atoms with Crippen molar-refractivity contribution in [2.75, 3.05) is 14.2 Å². The maximum absolute atomic E-state index is 13.6. The number of fused-ring (bicyclic) bond motifs is 1. The average Bonchev–Trinajstić information content (AvgIpc) is 3.68. The van der Waals surface area contributed by atoms with E-state index in [-0.39, 0.29) is 5.91 Å². The number of nitrogens with zero attached hydrogens (tertiary/aromatic N) is 3. The van der Waals surface area contributed by atoms with Crippen LogP contribution in [0.2, 0.25) is 0 Å². The van der Waals surface area contributed by atoms with Crippen LogP contribution in [-0.2, 0) is 25.8 Å². The molecule has 222 valence electrons. The van der Waals surface area contributed by atoms with Crippen LogP contribution in [0.15, 0.2) is 109 Å². The quantitative estimate of drug-likeness (QED) is 0.175. The molecule has 6 aromatic rings. The minimum absolute atomic E-state index is 0.169. The molecule has 2 heterocycles. The maximum Gasteiger partial charge on any atom is 0.251 e. The van der Waals surface area contributed by atoms with Crippen LogP contribution in [0.1, 0.15) is 44.7 Å². The van der Waals surface area contributed by atoms with Gasteiger partial charge in [0.05, 0.1) is 26.8 Å². The summed E-state index contributed by atoms with van der Waals surface area (Å²) in [5, 5.41) is 13.8. The summed E-state index contributed by atoms with van der Waals surface area (Å²) in [7, 11) is 3.29. The Morgan fingerprint density at radius 2 is 1.59 bits per heavy atom. The molecule has 2 N–H and O–H groups in total. The minimum atomic E-state index is -0.455. The van der Waals surface area contributed by atoms with Crippen molar-refractivity contribution in [3.8, 4) is 11.5 Å². The predicted octanol–water partition coefficient (Wildman–Crippen LogP) is 6.32. The third-order valence-electron chi connectivity index (χ3n) is 7.91. The van der Waals surface area contributed by atoms with Gasteiger partial charge in [0.25, 0.3) is 5.91 Å². The summed E-state index contributed by atoms with van der Waals surface area (Å²) >= 11 is 0. The first-order valence-corrected chi connectivity index (χ1v) is 14.7. The van der Waals surface area contributed by atoms with Gasteiger partial charge < -0.3 is 24.3 Å². The van der Waals surface area contributed by atoms with Crippen molar-refractivity contribution in [1.82, 2.24) is 25.1 Å². The first-order valence-electron chi connectivity index (χ1n) is 14.7. The summed E-state index contributed by atoms with van der Waals surface area (Å²) in [4.78, 5) is 16.9. The summed E-state index contributed by atoms with van der Waals surface area (Å²) in [5.41, 5.74) is 4.89. The van der Waals surface area contributed by atoms with Gasteiger partial charge in [0, 0.05) is 47.1 Å². The van der Waals surface area contributed by atoms with Crippen LogP contribution in [0, 0.1) is 0 Å². The zero-order valence-corrected chi connectivity index (χ0v) is 24.9. The van der Waals surface area contributed by atoms with Crippen LogP contribution in [0.4, 0.5) is 0 Å². The number of hydrogen-bond donors (Lipinski definition) is 2. The zero-order valence-electron chi connectivity index (χ0n) is 24.9. The van der Waals surface area contributed by atoms with E-state index >= 15 is 0 Å². The molecule has 0 spiro atoms. The molecule has 1 unspecified atom stereocenters. The summed E-state index contributed by atoms with van der Waals surface area (Å²) in [5.74, 6) is 2.77. The van der Waals surface area contributed by atoms with E-state index in [9.17, 15) is 4.79 Å². The third kappa shape index (κ3) is 6.34. The van der Waals surface area contributed by atoms with Gasteiger partial charge in [0.2, 0.25) is 0 Å². The predicted molar refractivity (Wildman–Crippen MR) is 171 cm³/mol. The number of aromatic amines is 1. The second-order valence-corrected chi connectivity index (χ2v) is 10.7. The van der Waals surface area contributed by atoms with Crippen molar-refractivity contribution in [1.29, 1.82) is 0 Å². The van der Waals surface area contributed by atoms with E-state index in [0.717, 1.165) is 34.3 Å². The first-order chi connectivity index (χ1) is 21.6. The molecule has 0 bridgehead atoms. The summed E-state index contributed by atoms with van der Waals surface area (Å²) < 4.78 is 13.3. The standard InChI is InChI=1S/C36H35N5O3/c1-43-29-19-18-27(33(22-29)44-2)24-41-34(20-17-25-11-5-3-6-12-25)39-40-35(41)32(38-36(42)26-13-7-4-8-14-26)21-28-23-37-31-16-10-9-15-30(28)31/h3-16,18-19,22-23,32,37H,17,20-21,24H2,1-2H3,(H,38,42). The molecule has 0 aliphatic carbocycles. The number of aromatic nitrogens is 4. The second-order valence-electron chi connectivity index (χ2n) is 10.7. The summed E-state index contributed by atoms with van der Waals surface area (Å²) in [6, 6.07) is 33.1. The Bertz CT molecular complexity index is 1850. The highest BCUT2D eigenvalue weighted by Crippen LogP contribution is 2.29. The second kappa shape index (κ2) is 13.3. The number of H-pyrrole nitrogens is 1. The fourth-order valence-corrected chi connectivity index (χ4v) is 5.58. The van der Waals surface area contributed by atoms with Gasteiger partial charge in [-0.1, -0.05) is 66.7 Å². The van der Waals surface area contributed by atoms with Gasteiger partial charge in [-0.2, -0.15) is 0 Å². The first kappa shape index (κ1) is 28.7. The molecular formula is C36H35N5O3. The Morgan fingerprint density at radius 3 is 2.36 bits per heavy atom. The van der Waals surface area contributed by atoms with Gasteiger partial charge in [0.1, 0.15) is 17.3 Å². The topological polar surface area (TPSA) is 94.1 Å². The zero-order chi connectivity index (χ0) is 30.3. The number of hydrogen-bond acceptors (Lipinski definition) is 5. The van der Waals surface area contributed by atoms with Gasteiger partial charge in [-0.15, -0.1) is 10.2 Å². The summed E-state index contributed by atoms with van der Waals surface area (Å²) in [6.45, 7) is 0.464. The Morgan fingerprint density at radius 1 is 0.841 bits per heavy atom. The molecule has 1 amide bonds. The van der Waals surface area contributed by atoms with E-state index in [1.165, 1.54) is 5.56 Å². The number of aryl methyl sites for hydroxylation is 2. The normalized spacial score (nSPS) is 11.8. The number of benzene rings is 4. The largest absolute Gasteiger partial charge is 0.497 e. The van der Waals surface area contributed by atoms with Crippen molar-refractivity contribution in [3.05, 3.63) is 143 Å². The lowest BCUT2D eigenvalue weighted by Gasteiger charge is -2.21. The van der Waals surface area contributed by atoms with Crippen molar-refractivity contribution in [3.63, 3.8) is 0 Å². The van der Waals surface area contributed by atoms with E-state index < -0.39 is 6.04 Å². The lowest BCUT2D eigenvalue weighted by molar-refractivity contribution is 0.0934. The number of ether oxygens (including phenoxy) is 2. The number of para-hydroxylation sites is 1. The molecule has 0 saturated carbocycles. The number of carbonyl (C=O) groups is 1. The maximum atomic E-state index is 13.6. The van der Waals surface area contributed by atoms with Crippen LogP contribution in [0.3, 0.4) is 0 Å². The lowest BCUT2D eigenvalue weighted by atomic mass is 10.0. The molecule has 8 heteroatoms. The molecule has 44 heavy (non-hydrogen) atoms. The average molecular weight is 586 g/mol. The van der Waals surface area contributed by atoms with Crippen molar-refractivity contribution in [2.45, 2.75) is 31.8 Å². The number of carbonyl (C=O) groups excluding carboxylic acids is 1. The molecule has 8 nitrogen and oxygen atoms in total. The molecule has 2 aromatic heterocycles. The highest BCUT2D eigenvalue weighted by molar-refractivity contribution is 5.94. The Labute approximate surface area is 256 Å². The van der Waals surface area contributed by atoms with Gasteiger partial charge in [0.15, 0.2) is 5.82 Å². The van der Waals surface area contributed by atoms with E-state index in [1.807, 2.05) is 85.1 Å². The molecular weight excluding hydrogens is 550 g/mol. The molecule has 0 radical (unpaired) electrons. The van der Waals surface area contributed by atoms with Crippen LogP contribution < -0.4 is 14.8 Å². The Hall–Kier alpha value is -5.37. The fraction of sp³-hybridized carbons (Fsp3) is 0.194. The number of amides is 1. The smallest absolute Gasteiger partial charge is 0.251 e. The van der Waals surface area contributed by atoms with E-state index in [1.54, 1.807) is 14.2 Å². The Balaban J connectivity index is 1.41. The fourth-order valence-electron chi connectivity index (χ4n) is 5.58. The van der Waals surface area contributed by atoms with Crippen molar-refractivity contribution < 1.29 is 14.3 Å². The van der Waals surface area contributed by atoms with Gasteiger partial charge in [-0.3, -0.25) is 4.79 Å². The number of rotatable bonds is 12. The minimum Gasteiger partial charge on any atom is -0.497 e. The van der Waals surface area contributed by atoms with E-state index in [4.69, 9.17) is 19.7 Å². The van der Waals surface area contributed by atoms with Crippen LogP contribution in [0.5, 0.6) is 11.5 Å². The molecule has 0 aliphatic heterocycles. The number of nitrogens with one attached hydrogen (secondary N) is 2. The van der Waals surface area contributed by atoms with Crippen LogP contribution >= 0.6 is 0 Å². The Kier molecular flexibility index (Phi) is 8.68. The highest BCUT2D eigenvalue weighted by Gasteiger charge is 2.26. The van der Waals surface area contributed by atoms with Crippen molar-refractivity contribution in [2.24, 2.45) is 0 Å². The highest BCUT2D eigenvalue weighted by atomic mass is 16.5. The SMILES string of the molecule is COc1ccc(Cn2c(CCc3ccccc3)nnc2C(Cc2c[nH]c3ccccc23)NC(=O)c2ccccc2)c(OC)c1. The molecule has 4 aromatic carbocycles. The van der Waals surface area contributed by atoms with Crippen LogP contribution in [0.25, 0.3) is 10.9 Å². The lowest BCUT2D eigenvalue weighted by Crippen LogP contribution is -2.32.